The second-order valence-electron chi connectivity index (χ2n) is 5.90. The molecule has 138 valence electrons. The molecule has 0 saturated carbocycles. The van der Waals surface area contributed by atoms with Crippen LogP contribution >= 0.6 is 0 Å². The summed E-state index contributed by atoms with van der Waals surface area (Å²) in [4.78, 5) is 23.7. The van der Waals surface area contributed by atoms with Crippen LogP contribution in [0, 0.1) is 0 Å². The minimum atomic E-state index is -0.457. The van der Waals surface area contributed by atoms with E-state index < -0.39 is 5.97 Å². The molecule has 1 N–H and O–H groups in total. The Bertz CT molecular complexity index is 725. The lowest BCUT2D eigenvalue weighted by Gasteiger charge is -2.09. The topological polar surface area (TPSA) is 64.6 Å². The van der Waals surface area contributed by atoms with Crippen LogP contribution in [0.25, 0.3) is 0 Å². The lowest BCUT2D eigenvalue weighted by Crippen LogP contribution is -2.11. The highest BCUT2D eigenvalue weighted by Crippen LogP contribution is 2.20. The zero-order valence-electron chi connectivity index (χ0n) is 15.3. The van der Waals surface area contributed by atoms with Gasteiger partial charge in [0.1, 0.15) is 11.5 Å². The van der Waals surface area contributed by atoms with Crippen LogP contribution in [-0.4, -0.2) is 18.5 Å². The predicted octanol–water partition coefficient (Wildman–Crippen LogP) is 4.82. The normalized spacial score (nSPS) is 10.2. The highest BCUT2D eigenvalue weighted by atomic mass is 16.5. The number of hydrogen-bond donors (Lipinski definition) is 1. The summed E-state index contributed by atoms with van der Waals surface area (Å²) in [5.74, 6) is 0.565. The van der Waals surface area contributed by atoms with Gasteiger partial charge in [-0.1, -0.05) is 32.8 Å². The summed E-state index contributed by atoms with van der Waals surface area (Å²) in [6.45, 7) is 4.60. The van der Waals surface area contributed by atoms with Crippen molar-refractivity contribution in [3.05, 3.63) is 54.1 Å². The predicted molar refractivity (Wildman–Crippen MR) is 102 cm³/mol. The number of nitrogens with one attached hydrogen (secondary N) is 1. The fraction of sp³-hybridized carbons (Fsp3) is 0.333. The Morgan fingerprint density at radius 1 is 0.962 bits per heavy atom. The van der Waals surface area contributed by atoms with E-state index in [9.17, 15) is 9.59 Å². The van der Waals surface area contributed by atoms with Crippen molar-refractivity contribution in [2.24, 2.45) is 0 Å². The van der Waals surface area contributed by atoms with Gasteiger partial charge in [-0.3, -0.25) is 4.79 Å². The first-order valence-corrected chi connectivity index (χ1v) is 8.97. The molecular weight excluding hydrogens is 330 g/mol. The first-order valence-electron chi connectivity index (χ1n) is 8.97. The van der Waals surface area contributed by atoms with Gasteiger partial charge < -0.3 is 14.8 Å². The Hall–Kier alpha value is -2.82. The summed E-state index contributed by atoms with van der Waals surface area (Å²) in [5, 5.41) is 2.73. The molecule has 0 saturated heterocycles. The van der Waals surface area contributed by atoms with Crippen LogP contribution in [0.15, 0.2) is 48.5 Å². The van der Waals surface area contributed by atoms with Crippen molar-refractivity contribution in [3.63, 3.8) is 0 Å². The van der Waals surface area contributed by atoms with E-state index in [1.54, 1.807) is 55.5 Å². The summed E-state index contributed by atoms with van der Waals surface area (Å²) in [7, 11) is 0. The van der Waals surface area contributed by atoms with Gasteiger partial charge in [0.05, 0.1) is 12.2 Å². The molecule has 0 aliphatic carbocycles. The lowest BCUT2D eigenvalue weighted by atomic mass is 10.2. The smallest absolute Gasteiger partial charge is 0.343 e. The number of benzene rings is 2. The van der Waals surface area contributed by atoms with Crippen LogP contribution in [0.5, 0.6) is 11.5 Å². The fourth-order valence-corrected chi connectivity index (χ4v) is 2.28. The maximum absolute atomic E-state index is 12.3. The third-order valence-electron chi connectivity index (χ3n) is 3.76. The number of esters is 1. The summed E-state index contributed by atoms with van der Waals surface area (Å²) in [6, 6.07) is 13.7. The van der Waals surface area contributed by atoms with Crippen LogP contribution in [0.2, 0.25) is 0 Å². The van der Waals surface area contributed by atoms with Gasteiger partial charge in [0, 0.05) is 18.2 Å². The zero-order chi connectivity index (χ0) is 18.8. The third kappa shape index (κ3) is 6.24. The van der Waals surface area contributed by atoms with Crippen LogP contribution in [0.4, 0.5) is 5.69 Å². The average Bonchev–Trinajstić information content (AvgIpc) is 2.66. The van der Waals surface area contributed by atoms with Crippen molar-refractivity contribution in [2.75, 3.05) is 11.9 Å². The van der Waals surface area contributed by atoms with Crippen LogP contribution < -0.4 is 14.8 Å². The number of carbonyl (C=O) groups excluding carboxylic acids is 2. The summed E-state index contributed by atoms with van der Waals surface area (Å²) in [6.07, 6.45) is 3.70. The minimum Gasteiger partial charge on any atom is -0.494 e. The highest BCUT2D eigenvalue weighted by molar-refractivity contribution is 5.92. The Morgan fingerprint density at radius 2 is 1.73 bits per heavy atom. The molecule has 0 aliphatic heterocycles. The molecular formula is C21H25NO4. The van der Waals surface area contributed by atoms with Gasteiger partial charge in [0.2, 0.25) is 5.91 Å². The molecule has 0 spiro atoms. The van der Waals surface area contributed by atoms with E-state index in [2.05, 4.69) is 12.2 Å². The Labute approximate surface area is 154 Å². The van der Waals surface area contributed by atoms with Crippen molar-refractivity contribution in [3.8, 4) is 11.5 Å². The summed E-state index contributed by atoms with van der Waals surface area (Å²) in [5.41, 5.74) is 1.03. The second kappa shape index (κ2) is 10.2. The number of carbonyl (C=O) groups is 2. The number of rotatable bonds is 9. The lowest BCUT2D eigenvalue weighted by molar-refractivity contribution is -0.115. The van der Waals surface area contributed by atoms with E-state index in [0.717, 1.165) is 25.0 Å². The van der Waals surface area contributed by atoms with E-state index >= 15 is 0 Å². The van der Waals surface area contributed by atoms with Crippen molar-refractivity contribution in [1.29, 1.82) is 0 Å². The standard InChI is InChI=1S/C21H25NO4/c1-3-5-6-14-25-18-12-10-16(11-13-18)21(24)26-19-9-7-8-17(15-19)22-20(23)4-2/h7-13,15H,3-6,14H2,1-2H3,(H,22,23). The molecule has 5 heteroatoms. The molecule has 0 atom stereocenters. The van der Waals surface area contributed by atoms with Crippen molar-refractivity contribution in [1.82, 2.24) is 0 Å². The minimum absolute atomic E-state index is 0.0944. The molecule has 0 fully saturated rings. The average molecular weight is 355 g/mol. The molecule has 2 aromatic rings. The van der Waals surface area contributed by atoms with Crippen molar-refractivity contribution >= 4 is 17.6 Å². The Morgan fingerprint density at radius 3 is 2.42 bits per heavy atom. The van der Waals surface area contributed by atoms with Gasteiger partial charge >= 0.3 is 5.97 Å². The Kier molecular flexibility index (Phi) is 7.68. The fourth-order valence-electron chi connectivity index (χ4n) is 2.28. The first kappa shape index (κ1) is 19.5. The molecule has 0 bridgehead atoms. The Balaban J connectivity index is 1.93. The van der Waals surface area contributed by atoms with Crippen LogP contribution in [-0.2, 0) is 4.79 Å². The SMILES string of the molecule is CCCCCOc1ccc(C(=O)Oc2cccc(NC(=O)CC)c2)cc1. The molecule has 0 aliphatic rings. The van der Waals surface area contributed by atoms with Crippen LogP contribution in [0.3, 0.4) is 0 Å². The number of unbranched alkanes of at least 4 members (excludes halogenated alkanes) is 2. The molecule has 2 rings (SSSR count). The van der Waals surface area contributed by atoms with Crippen molar-refractivity contribution < 1.29 is 19.1 Å². The van der Waals surface area contributed by atoms with Gasteiger partial charge in [0.25, 0.3) is 0 Å². The molecule has 2 aromatic carbocycles. The quantitative estimate of drug-likeness (QED) is 0.398. The number of ether oxygens (including phenoxy) is 2. The molecule has 0 aromatic heterocycles. The number of hydrogen-bond acceptors (Lipinski definition) is 4. The van der Waals surface area contributed by atoms with Crippen LogP contribution in [0.1, 0.15) is 49.9 Å². The molecule has 0 radical (unpaired) electrons. The monoisotopic (exact) mass is 355 g/mol. The number of amides is 1. The molecule has 0 unspecified atom stereocenters. The van der Waals surface area contributed by atoms with E-state index in [1.807, 2.05) is 0 Å². The zero-order valence-corrected chi connectivity index (χ0v) is 15.3. The molecule has 5 nitrogen and oxygen atoms in total. The first-order chi connectivity index (χ1) is 12.6. The summed E-state index contributed by atoms with van der Waals surface area (Å²) < 4.78 is 11.0. The van der Waals surface area contributed by atoms with Gasteiger partial charge in [-0.05, 0) is 42.8 Å². The highest BCUT2D eigenvalue weighted by Gasteiger charge is 2.10. The van der Waals surface area contributed by atoms with E-state index in [-0.39, 0.29) is 5.91 Å². The van der Waals surface area contributed by atoms with E-state index in [0.29, 0.717) is 30.0 Å². The molecule has 26 heavy (non-hydrogen) atoms. The second-order valence-corrected chi connectivity index (χ2v) is 5.90. The van der Waals surface area contributed by atoms with Gasteiger partial charge in [0.15, 0.2) is 0 Å². The maximum Gasteiger partial charge on any atom is 0.343 e. The molecule has 0 heterocycles. The van der Waals surface area contributed by atoms with E-state index in [4.69, 9.17) is 9.47 Å². The van der Waals surface area contributed by atoms with Crippen molar-refractivity contribution in [2.45, 2.75) is 39.5 Å². The number of anilines is 1. The van der Waals surface area contributed by atoms with Gasteiger partial charge in [-0.2, -0.15) is 0 Å². The molecule has 1 amide bonds. The summed E-state index contributed by atoms with van der Waals surface area (Å²) >= 11 is 0. The van der Waals surface area contributed by atoms with Gasteiger partial charge in [-0.15, -0.1) is 0 Å². The maximum atomic E-state index is 12.3. The largest absolute Gasteiger partial charge is 0.494 e. The van der Waals surface area contributed by atoms with E-state index in [1.165, 1.54) is 0 Å². The van der Waals surface area contributed by atoms with Gasteiger partial charge in [-0.25, -0.2) is 4.79 Å². The third-order valence-corrected chi connectivity index (χ3v) is 3.76.